The Balaban J connectivity index is 1.60. The highest BCUT2D eigenvalue weighted by Crippen LogP contribution is 2.15. The summed E-state index contributed by atoms with van der Waals surface area (Å²) in [5, 5.41) is 0. The molecule has 120 valence electrons. The van der Waals surface area contributed by atoms with E-state index in [9.17, 15) is 4.79 Å². The van der Waals surface area contributed by atoms with Crippen LogP contribution < -0.4 is 0 Å². The zero-order valence-electron chi connectivity index (χ0n) is 13.1. The quantitative estimate of drug-likeness (QED) is 0.802. The van der Waals surface area contributed by atoms with Crippen LogP contribution in [0.5, 0.6) is 0 Å². The molecular weight excluding hydrogens is 278 g/mol. The first-order chi connectivity index (χ1) is 10.8. The van der Waals surface area contributed by atoms with Crippen LogP contribution in [0.3, 0.4) is 0 Å². The van der Waals surface area contributed by atoms with Crippen molar-refractivity contribution in [3.8, 4) is 0 Å². The van der Waals surface area contributed by atoms with Gasteiger partial charge in [-0.15, -0.1) is 0 Å². The van der Waals surface area contributed by atoms with Crippen LogP contribution in [0.25, 0.3) is 0 Å². The lowest BCUT2D eigenvalue weighted by Crippen LogP contribution is -2.41. The van der Waals surface area contributed by atoms with E-state index in [1.807, 2.05) is 29.3 Å². The SMILES string of the molecule is O=C(CN(Cc1ccccn1)C[C@@H]1CCCO1)N1CCCC1. The van der Waals surface area contributed by atoms with Gasteiger partial charge in [0.25, 0.3) is 0 Å². The minimum absolute atomic E-state index is 0.242. The van der Waals surface area contributed by atoms with Crippen molar-refractivity contribution >= 4 is 5.91 Å². The molecule has 2 aliphatic rings. The van der Waals surface area contributed by atoms with Crippen molar-refractivity contribution in [3.63, 3.8) is 0 Å². The fourth-order valence-electron chi connectivity index (χ4n) is 3.24. The van der Waals surface area contributed by atoms with Crippen molar-refractivity contribution in [2.24, 2.45) is 0 Å². The number of nitrogens with zero attached hydrogens (tertiary/aromatic N) is 3. The van der Waals surface area contributed by atoms with E-state index in [1.54, 1.807) is 0 Å². The molecule has 2 saturated heterocycles. The summed E-state index contributed by atoms with van der Waals surface area (Å²) in [7, 11) is 0. The summed E-state index contributed by atoms with van der Waals surface area (Å²) in [5.41, 5.74) is 1.01. The van der Waals surface area contributed by atoms with E-state index in [2.05, 4.69) is 9.88 Å². The molecule has 0 aromatic carbocycles. The van der Waals surface area contributed by atoms with Crippen molar-refractivity contribution in [1.82, 2.24) is 14.8 Å². The van der Waals surface area contributed by atoms with E-state index < -0.39 is 0 Å². The zero-order valence-corrected chi connectivity index (χ0v) is 13.1. The first-order valence-electron chi connectivity index (χ1n) is 8.33. The highest BCUT2D eigenvalue weighted by atomic mass is 16.5. The molecule has 3 rings (SSSR count). The molecule has 3 heterocycles. The molecule has 1 aromatic rings. The smallest absolute Gasteiger partial charge is 0.236 e. The molecule has 5 nitrogen and oxygen atoms in total. The number of likely N-dealkylation sites (tertiary alicyclic amines) is 1. The Hall–Kier alpha value is -1.46. The van der Waals surface area contributed by atoms with Gasteiger partial charge in [0.05, 0.1) is 18.3 Å². The van der Waals surface area contributed by atoms with Crippen molar-refractivity contribution in [3.05, 3.63) is 30.1 Å². The summed E-state index contributed by atoms with van der Waals surface area (Å²) in [6, 6.07) is 5.93. The largest absolute Gasteiger partial charge is 0.377 e. The fraction of sp³-hybridized carbons (Fsp3) is 0.647. The van der Waals surface area contributed by atoms with E-state index in [1.165, 1.54) is 0 Å². The molecule has 0 saturated carbocycles. The lowest BCUT2D eigenvalue weighted by molar-refractivity contribution is -0.131. The monoisotopic (exact) mass is 303 g/mol. The molecule has 0 unspecified atom stereocenters. The zero-order chi connectivity index (χ0) is 15.2. The van der Waals surface area contributed by atoms with Crippen LogP contribution >= 0.6 is 0 Å². The van der Waals surface area contributed by atoms with Gasteiger partial charge in [0.2, 0.25) is 5.91 Å². The molecule has 1 amide bonds. The normalized spacial score (nSPS) is 21.7. The second-order valence-corrected chi connectivity index (χ2v) is 6.21. The number of hydrogen-bond donors (Lipinski definition) is 0. The van der Waals surface area contributed by atoms with E-state index >= 15 is 0 Å². The third kappa shape index (κ3) is 4.27. The Morgan fingerprint density at radius 2 is 2.18 bits per heavy atom. The molecule has 2 fully saturated rings. The molecule has 0 radical (unpaired) electrons. The summed E-state index contributed by atoms with van der Waals surface area (Å²) in [6.07, 6.45) is 6.56. The number of ether oxygens (including phenoxy) is 1. The van der Waals surface area contributed by atoms with E-state index in [4.69, 9.17) is 4.74 Å². The van der Waals surface area contributed by atoms with E-state index in [0.717, 1.165) is 57.6 Å². The molecule has 1 aromatic heterocycles. The van der Waals surface area contributed by atoms with Gasteiger partial charge in [0, 0.05) is 39.0 Å². The number of amides is 1. The first-order valence-corrected chi connectivity index (χ1v) is 8.33. The van der Waals surface area contributed by atoms with Crippen molar-refractivity contribution < 1.29 is 9.53 Å². The Morgan fingerprint density at radius 1 is 1.32 bits per heavy atom. The Morgan fingerprint density at radius 3 is 2.86 bits per heavy atom. The van der Waals surface area contributed by atoms with Crippen LogP contribution in [0.15, 0.2) is 24.4 Å². The van der Waals surface area contributed by atoms with Crippen LogP contribution in [0.1, 0.15) is 31.4 Å². The van der Waals surface area contributed by atoms with E-state index in [0.29, 0.717) is 13.1 Å². The molecule has 0 aliphatic carbocycles. The predicted octanol–water partition coefficient (Wildman–Crippen LogP) is 1.68. The Labute approximate surface area is 132 Å². The summed E-state index contributed by atoms with van der Waals surface area (Å²) in [5.74, 6) is 0.242. The van der Waals surface area contributed by atoms with Crippen LogP contribution in [0.2, 0.25) is 0 Å². The Kier molecular flexibility index (Phi) is 5.40. The number of aromatic nitrogens is 1. The average molecular weight is 303 g/mol. The van der Waals surface area contributed by atoms with Crippen molar-refractivity contribution in [2.75, 3.05) is 32.8 Å². The lowest BCUT2D eigenvalue weighted by atomic mass is 10.2. The molecule has 2 aliphatic heterocycles. The van der Waals surface area contributed by atoms with Gasteiger partial charge in [0.15, 0.2) is 0 Å². The fourth-order valence-corrected chi connectivity index (χ4v) is 3.24. The highest BCUT2D eigenvalue weighted by Gasteiger charge is 2.24. The summed E-state index contributed by atoms with van der Waals surface area (Å²) < 4.78 is 5.74. The van der Waals surface area contributed by atoms with Crippen LogP contribution in [0, 0.1) is 0 Å². The summed E-state index contributed by atoms with van der Waals surface area (Å²) in [6.45, 7) is 4.67. The van der Waals surface area contributed by atoms with Crippen molar-refractivity contribution in [1.29, 1.82) is 0 Å². The summed E-state index contributed by atoms with van der Waals surface area (Å²) >= 11 is 0. The minimum atomic E-state index is 0.242. The number of rotatable bonds is 6. The predicted molar refractivity (Wildman–Crippen MR) is 84.3 cm³/mol. The van der Waals surface area contributed by atoms with Gasteiger partial charge in [-0.2, -0.15) is 0 Å². The number of carbonyl (C=O) groups is 1. The molecular formula is C17H25N3O2. The number of carbonyl (C=O) groups excluding carboxylic acids is 1. The molecule has 22 heavy (non-hydrogen) atoms. The van der Waals surface area contributed by atoms with Gasteiger partial charge in [-0.25, -0.2) is 0 Å². The van der Waals surface area contributed by atoms with Gasteiger partial charge in [-0.1, -0.05) is 6.07 Å². The minimum Gasteiger partial charge on any atom is -0.377 e. The number of hydrogen-bond acceptors (Lipinski definition) is 4. The van der Waals surface area contributed by atoms with Gasteiger partial charge in [-0.05, 0) is 37.8 Å². The van der Waals surface area contributed by atoms with Crippen molar-refractivity contribution in [2.45, 2.75) is 38.3 Å². The highest BCUT2D eigenvalue weighted by molar-refractivity contribution is 5.78. The molecule has 5 heteroatoms. The molecule has 0 bridgehead atoms. The lowest BCUT2D eigenvalue weighted by Gasteiger charge is -2.26. The summed E-state index contributed by atoms with van der Waals surface area (Å²) in [4.78, 5) is 21.0. The maximum Gasteiger partial charge on any atom is 0.236 e. The maximum atomic E-state index is 12.4. The molecule has 1 atom stereocenters. The second kappa shape index (κ2) is 7.70. The van der Waals surface area contributed by atoms with E-state index in [-0.39, 0.29) is 12.0 Å². The standard InChI is InChI=1S/C17H25N3O2/c21-17(20-9-3-4-10-20)14-19(13-16-7-5-11-22-16)12-15-6-1-2-8-18-15/h1-2,6,8,16H,3-5,7,9-14H2/t16-/m0/s1. The van der Waals surface area contributed by atoms with Gasteiger partial charge >= 0.3 is 0 Å². The first kappa shape index (κ1) is 15.4. The van der Waals surface area contributed by atoms with Gasteiger partial charge in [-0.3, -0.25) is 14.7 Å². The molecule has 0 N–H and O–H groups in total. The maximum absolute atomic E-state index is 12.4. The topological polar surface area (TPSA) is 45.7 Å². The van der Waals surface area contributed by atoms with Crippen LogP contribution in [-0.4, -0.2) is 59.6 Å². The third-order valence-electron chi connectivity index (χ3n) is 4.42. The molecule has 0 spiro atoms. The van der Waals surface area contributed by atoms with Crippen LogP contribution in [0.4, 0.5) is 0 Å². The second-order valence-electron chi connectivity index (χ2n) is 6.21. The van der Waals surface area contributed by atoms with Gasteiger partial charge in [0.1, 0.15) is 0 Å². The third-order valence-corrected chi connectivity index (χ3v) is 4.42. The van der Waals surface area contributed by atoms with Crippen LogP contribution in [-0.2, 0) is 16.1 Å². The number of pyridine rings is 1. The Bertz CT molecular complexity index is 468. The average Bonchev–Trinajstić information content (AvgIpc) is 3.21. The van der Waals surface area contributed by atoms with Gasteiger partial charge < -0.3 is 9.64 Å².